The molecule has 0 saturated heterocycles. The van der Waals surface area contributed by atoms with Gasteiger partial charge < -0.3 is 5.10 Å². The molecule has 0 fully saturated rings. The number of nitrogens with one attached hydrogen (secondary N) is 1. The maximum absolute atomic E-state index is 5.38. The van der Waals surface area contributed by atoms with Gasteiger partial charge in [0.25, 0.3) is 0 Å². The molecule has 2 heterocycles. The molecular formula is C14H16N6S. The Morgan fingerprint density at radius 3 is 2.90 bits per heavy atom. The van der Waals surface area contributed by atoms with Crippen LogP contribution < -0.4 is 0 Å². The van der Waals surface area contributed by atoms with Gasteiger partial charge in [-0.05, 0) is 24.6 Å². The highest BCUT2D eigenvalue weighted by molar-refractivity contribution is 7.71. The fourth-order valence-corrected chi connectivity index (χ4v) is 2.53. The number of nitrogens with zero attached hydrogens (tertiary/aromatic N) is 5. The minimum atomic E-state index is 0.552. The monoisotopic (exact) mass is 300 g/mol. The van der Waals surface area contributed by atoms with Gasteiger partial charge >= 0.3 is 0 Å². The van der Waals surface area contributed by atoms with Gasteiger partial charge in [0.1, 0.15) is 4.64 Å². The molecule has 0 unspecified atom stereocenters. The summed E-state index contributed by atoms with van der Waals surface area (Å²) in [5.74, 6) is 0.552. The lowest BCUT2D eigenvalue weighted by Crippen LogP contribution is -2.04. The smallest absolute Gasteiger partial charge is 0.209 e. The van der Waals surface area contributed by atoms with Crippen LogP contribution in [0.25, 0.3) is 11.4 Å². The van der Waals surface area contributed by atoms with Crippen LogP contribution in [0.15, 0.2) is 30.5 Å². The summed E-state index contributed by atoms with van der Waals surface area (Å²) in [6.45, 7) is 5.48. The third kappa shape index (κ3) is 2.78. The molecule has 1 N–H and O–H groups in total. The number of aromatic nitrogens is 6. The van der Waals surface area contributed by atoms with Crippen LogP contribution in [0, 0.1) is 11.6 Å². The maximum Gasteiger partial charge on any atom is 0.209 e. The Labute approximate surface area is 127 Å². The molecule has 3 rings (SSSR count). The molecule has 108 valence electrons. The predicted molar refractivity (Wildman–Crippen MR) is 82.4 cm³/mol. The molecule has 7 heteroatoms. The Kier molecular flexibility index (Phi) is 3.66. The third-order valence-electron chi connectivity index (χ3n) is 3.26. The number of H-pyrrole nitrogens is 1. The summed E-state index contributed by atoms with van der Waals surface area (Å²) < 4.78 is 2.57. The van der Waals surface area contributed by atoms with E-state index in [1.54, 1.807) is 4.80 Å². The minimum Gasteiger partial charge on any atom is -0.304 e. The quantitative estimate of drug-likeness (QED) is 0.752. The van der Waals surface area contributed by atoms with Crippen molar-refractivity contribution in [1.29, 1.82) is 0 Å². The van der Waals surface area contributed by atoms with Crippen LogP contribution >= 0.6 is 12.2 Å². The first-order chi connectivity index (χ1) is 10.2. The van der Waals surface area contributed by atoms with E-state index in [2.05, 4.69) is 45.6 Å². The second-order valence-electron chi connectivity index (χ2n) is 4.87. The first-order valence-corrected chi connectivity index (χ1v) is 7.20. The Hall–Kier alpha value is -2.28. The van der Waals surface area contributed by atoms with Crippen LogP contribution in [0.1, 0.15) is 18.1 Å². The zero-order valence-electron chi connectivity index (χ0n) is 11.9. The molecule has 0 aliphatic rings. The average Bonchev–Trinajstić information content (AvgIpc) is 3.05. The Balaban J connectivity index is 1.86. The molecule has 2 aromatic heterocycles. The maximum atomic E-state index is 5.38. The van der Waals surface area contributed by atoms with Crippen LogP contribution in [0.5, 0.6) is 0 Å². The topological polar surface area (TPSA) is 64.3 Å². The first-order valence-electron chi connectivity index (χ1n) is 6.79. The average molecular weight is 300 g/mol. The lowest BCUT2D eigenvalue weighted by Gasteiger charge is -2.00. The normalized spacial score (nSPS) is 11.0. The standard InChI is InChI=1S/C14H16N6S/c1-3-19-14(21)12(8-15-19)13-16-18-20(17-13)9-11-6-4-5-10(2)7-11/h4-8,15H,3,9H2,1-2H3. The highest BCUT2D eigenvalue weighted by Gasteiger charge is 2.11. The van der Waals surface area contributed by atoms with Crippen LogP contribution in [-0.2, 0) is 13.1 Å². The molecule has 21 heavy (non-hydrogen) atoms. The van der Waals surface area contributed by atoms with Crippen molar-refractivity contribution in [3.8, 4) is 11.4 Å². The second kappa shape index (κ2) is 5.61. The molecule has 0 radical (unpaired) electrons. The molecule has 0 atom stereocenters. The number of aromatic amines is 1. The predicted octanol–water partition coefficient (Wildman–Crippen LogP) is 2.58. The van der Waals surface area contributed by atoms with E-state index >= 15 is 0 Å². The zero-order chi connectivity index (χ0) is 14.8. The van der Waals surface area contributed by atoms with Crippen molar-refractivity contribution in [2.45, 2.75) is 26.9 Å². The number of rotatable bonds is 4. The highest BCUT2D eigenvalue weighted by Crippen LogP contribution is 2.15. The van der Waals surface area contributed by atoms with Crippen LogP contribution in [0.3, 0.4) is 0 Å². The van der Waals surface area contributed by atoms with Crippen molar-refractivity contribution in [3.05, 3.63) is 46.2 Å². The van der Waals surface area contributed by atoms with Gasteiger partial charge in [-0.25, -0.2) is 0 Å². The Morgan fingerprint density at radius 2 is 2.19 bits per heavy atom. The van der Waals surface area contributed by atoms with E-state index in [4.69, 9.17) is 12.2 Å². The molecule has 0 aliphatic heterocycles. The number of aryl methyl sites for hydroxylation is 2. The lowest BCUT2D eigenvalue weighted by molar-refractivity contribution is 0.572. The molecule has 0 bridgehead atoms. The second-order valence-corrected chi connectivity index (χ2v) is 5.26. The Bertz CT molecular complexity index is 813. The van der Waals surface area contributed by atoms with E-state index in [1.807, 2.05) is 23.9 Å². The molecule has 0 aliphatic carbocycles. The summed E-state index contributed by atoms with van der Waals surface area (Å²) in [4.78, 5) is 1.59. The number of tetrazole rings is 1. The number of hydrogen-bond acceptors (Lipinski definition) is 4. The van der Waals surface area contributed by atoms with E-state index in [1.165, 1.54) is 5.56 Å². The molecule has 3 aromatic rings. The van der Waals surface area contributed by atoms with Crippen molar-refractivity contribution in [2.75, 3.05) is 0 Å². The SMILES string of the molecule is CCn1[nH]cc(-c2nnn(Cc3cccc(C)c3)n2)c1=S. The first kappa shape index (κ1) is 13.7. The third-order valence-corrected chi connectivity index (χ3v) is 3.70. The highest BCUT2D eigenvalue weighted by atomic mass is 32.1. The largest absolute Gasteiger partial charge is 0.304 e. The summed E-state index contributed by atoms with van der Waals surface area (Å²) in [7, 11) is 0. The van der Waals surface area contributed by atoms with Gasteiger partial charge in [-0.2, -0.15) is 4.80 Å². The van der Waals surface area contributed by atoms with E-state index in [-0.39, 0.29) is 0 Å². The molecule has 0 saturated carbocycles. The summed E-state index contributed by atoms with van der Waals surface area (Å²) in [5.41, 5.74) is 3.17. The van der Waals surface area contributed by atoms with Crippen molar-refractivity contribution in [3.63, 3.8) is 0 Å². The van der Waals surface area contributed by atoms with Crippen LogP contribution in [-0.4, -0.2) is 30.0 Å². The van der Waals surface area contributed by atoms with Crippen molar-refractivity contribution in [1.82, 2.24) is 30.0 Å². The van der Waals surface area contributed by atoms with E-state index in [0.29, 0.717) is 17.0 Å². The molecule has 6 nitrogen and oxygen atoms in total. The van der Waals surface area contributed by atoms with Gasteiger partial charge in [0, 0.05) is 12.7 Å². The fourth-order valence-electron chi connectivity index (χ4n) is 2.20. The van der Waals surface area contributed by atoms with Crippen molar-refractivity contribution < 1.29 is 0 Å². The number of benzene rings is 1. The minimum absolute atomic E-state index is 0.552. The van der Waals surface area contributed by atoms with E-state index < -0.39 is 0 Å². The zero-order valence-corrected chi connectivity index (χ0v) is 12.8. The van der Waals surface area contributed by atoms with E-state index in [0.717, 1.165) is 17.7 Å². The van der Waals surface area contributed by atoms with Crippen LogP contribution in [0.4, 0.5) is 0 Å². The fraction of sp³-hybridized carbons (Fsp3) is 0.286. The van der Waals surface area contributed by atoms with Gasteiger partial charge in [0.2, 0.25) is 5.82 Å². The van der Waals surface area contributed by atoms with Gasteiger partial charge in [0.05, 0.1) is 12.1 Å². The van der Waals surface area contributed by atoms with Gasteiger partial charge in [-0.3, -0.25) is 4.68 Å². The van der Waals surface area contributed by atoms with Gasteiger partial charge in [-0.15, -0.1) is 10.2 Å². The van der Waals surface area contributed by atoms with E-state index in [9.17, 15) is 0 Å². The summed E-state index contributed by atoms with van der Waals surface area (Å²) in [6.07, 6.45) is 1.82. The number of hydrogen-bond donors (Lipinski definition) is 1. The molecular weight excluding hydrogens is 284 g/mol. The van der Waals surface area contributed by atoms with Gasteiger partial charge in [0.15, 0.2) is 0 Å². The Morgan fingerprint density at radius 1 is 1.33 bits per heavy atom. The van der Waals surface area contributed by atoms with Crippen molar-refractivity contribution >= 4 is 12.2 Å². The van der Waals surface area contributed by atoms with Gasteiger partial charge in [-0.1, -0.05) is 42.0 Å². The molecule has 0 amide bonds. The lowest BCUT2D eigenvalue weighted by atomic mass is 10.1. The van der Waals surface area contributed by atoms with Crippen molar-refractivity contribution in [2.24, 2.45) is 0 Å². The summed E-state index contributed by atoms with van der Waals surface area (Å²) >= 11 is 5.38. The summed E-state index contributed by atoms with van der Waals surface area (Å²) in [6, 6.07) is 8.26. The van der Waals surface area contributed by atoms with Crippen LogP contribution in [0.2, 0.25) is 0 Å². The summed E-state index contributed by atoms with van der Waals surface area (Å²) in [5, 5.41) is 15.7. The molecule has 1 aromatic carbocycles. The molecule has 0 spiro atoms.